The summed E-state index contributed by atoms with van der Waals surface area (Å²) in [6.07, 6.45) is 0.971. The molecule has 1 aromatic rings. The molecule has 2 rings (SSSR count). The molecule has 1 amide bonds. The average Bonchev–Trinajstić information content (AvgIpc) is 2.77. The predicted octanol–water partition coefficient (Wildman–Crippen LogP) is 1.23. The molecule has 1 aromatic heterocycles. The van der Waals surface area contributed by atoms with Crippen LogP contribution in [0, 0.1) is 0 Å². The van der Waals surface area contributed by atoms with E-state index in [4.69, 9.17) is 16.3 Å². The second-order valence-electron chi connectivity index (χ2n) is 4.45. The first-order valence-electron chi connectivity index (χ1n) is 6.09. The van der Waals surface area contributed by atoms with Gasteiger partial charge in [-0.3, -0.25) is 10.1 Å². The van der Waals surface area contributed by atoms with Crippen LogP contribution in [0.3, 0.4) is 0 Å². The van der Waals surface area contributed by atoms with Crippen LogP contribution in [-0.4, -0.2) is 42.6 Å². The van der Waals surface area contributed by atoms with Crippen molar-refractivity contribution in [3.8, 4) is 5.88 Å². The lowest BCUT2D eigenvalue weighted by Crippen LogP contribution is -2.41. The van der Waals surface area contributed by atoms with Gasteiger partial charge in [-0.05, 0) is 6.07 Å². The molecule has 0 radical (unpaired) electrons. The van der Waals surface area contributed by atoms with Crippen molar-refractivity contribution in [1.29, 1.82) is 0 Å². The van der Waals surface area contributed by atoms with Crippen LogP contribution in [0.2, 0.25) is 5.02 Å². The van der Waals surface area contributed by atoms with E-state index in [9.17, 15) is 13.6 Å². The third-order valence-corrected chi connectivity index (χ3v) is 3.00. The van der Waals surface area contributed by atoms with E-state index in [1.807, 2.05) is 0 Å². The minimum atomic E-state index is -2.81. The molecular formula is C12H14ClF2N3O2. The Hall–Kier alpha value is -1.47. The second kappa shape index (κ2) is 6.32. The van der Waals surface area contributed by atoms with Crippen molar-refractivity contribution in [3.63, 3.8) is 0 Å². The van der Waals surface area contributed by atoms with E-state index in [2.05, 4.69) is 15.6 Å². The molecule has 1 atom stereocenters. The maximum absolute atomic E-state index is 12.9. The molecular weight excluding hydrogens is 292 g/mol. The molecule has 5 nitrogen and oxygen atoms in total. The van der Waals surface area contributed by atoms with Crippen LogP contribution in [0.25, 0.3) is 0 Å². The zero-order valence-electron chi connectivity index (χ0n) is 10.5. The van der Waals surface area contributed by atoms with Gasteiger partial charge in [0, 0.05) is 18.7 Å². The maximum Gasteiger partial charge on any atom is 0.262 e. The van der Waals surface area contributed by atoms with Gasteiger partial charge in [0.15, 0.2) is 0 Å². The fraction of sp³-hybridized carbons (Fsp3) is 0.500. The zero-order valence-corrected chi connectivity index (χ0v) is 11.3. The molecule has 2 N–H and O–H groups in total. The molecule has 1 fully saturated rings. The average molecular weight is 306 g/mol. The fourth-order valence-electron chi connectivity index (χ4n) is 1.80. The molecule has 0 aromatic carbocycles. The van der Waals surface area contributed by atoms with E-state index in [0.717, 1.165) is 0 Å². The molecule has 0 spiro atoms. The first-order chi connectivity index (χ1) is 9.46. The van der Waals surface area contributed by atoms with E-state index in [1.165, 1.54) is 6.20 Å². The lowest BCUT2D eigenvalue weighted by atomic mass is 10.2. The minimum absolute atomic E-state index is 0.198. The van der Waals surface area contributed by atoms with E-state index in [0.29, 0.717) is 10.9 Å². The Morgan fingerprint density at radius 3 is 3.00 bits per heavy atom. The summed E-state index contributed by atoms with van der Waals surface area (Å²) in [4.78, 5) is 15.5. The number of nitrogens with zero attached hydrogens (tertiary/aromatic N) is 1. The SMILES string of the molecule is O=C(NCCOc1ccc(Cl)cn1)C1CC(F)(F)CN1. The normalized spacial score (nSPS) is 20.6. The summed E-state index contributed by atoms with van der Waals surface area (Å²) in [6.45, 7) is -0.0490. The number of hydrogen-bond donors (Lipinski definition) is 2. The van der Waals surface area contributed by atoms with Gasteiger partial charge in [0.25, 0.3) is 5.92 Å². The van der Waals surface area contributed by atoms with Crippen molar-refractivity contribution >= 4 is 17.5 Å². The van der Waals surface area contributed by atoms with Gasteiger partial charge < -0.3 is 10.1 Å². The van der Waals surface area contributed by atoms with E-state index in [1.54, 1.807) is 12.1 Å². The highest BCUT2D eigenvalue weighted by atomic mass is 35.5. The molecule has 110 valence electrons. The molecule has 8 heteroatoms. The molecule has 0 aliphatic carbocycles. The largest absolute Gasteiger partial charge is 0.476 e. The Balaban J connectivity index is 1.66. The number of hydrogen-bond acceptors (Lipinski definition) is 4. The first kappa shape index (κ1) is 14.9. The number of rotatable bonds is 5. The Labute approximate surface area is 119 Å². The fourth-order valence-corrected chi connectivity index (χ4v) is 1.91. The standard InChI is InChI=1S/C12H14ClF2N3O2/c13-8-1-2-10(17-6-8)20-4-3-16-11(19)9-5-12(14,15)7-18-9/h1-2,6,9,18H,3-5,7H2,(H,16,19). The zero-order chi connectivity index (χ0) is 14.6. The highest BCUT2D eigenvalue weighted by molar-refractivity contribution is 6.30. The summed E-state index contributed by atoms with van der Waals surface area (Å²) < 4.78 is 31.1. The molecule has 0 bridgehead atoms. The van der Waals surface area contributed by atoms with E-state index in [-0.39, 0.29) is 13.2 Å². The van der Waals surface area contributed by atoms with Crippen molar-refractivity contribution in [2.24, 2.45) is 0 Å². The smallest absolute Gasteiger partial charge is 0.262 e. The number of carbonyl (C=O) groups excluding carboxylic acids is 1. The van der Waals surface area contributed by atoms with Gasteiger partial charge in [0.1, 0.15) is 6.61 Å². The number of ether oxygens (including phenoxy) is 1. The highest BCUT2D eigenvalue weighted by Crippen LogP contribution is 2.24. The number of aromatic nitrogens is 1. The van der Waals surface area contributed by atoms with Gasteiger partial charge in [-0.1, -0.05) is 11.6 Å². The Bertz CT molecular complexity index is 470. The Morgan fingerprint density at radius 2 is 2.40 bits per heavy atom. The molecule has 20 heavy (non-hydrogen) atoms. The summed E-state index contributed by atoms with van der Waals surface area (Å²) in [6, 6.07) is 2.38. The summed E-state index contributed by atoms with van der Waals surface area (Å²) in [5.74, 6) is -2.88. The molecule has 1 aliphatic heterocycles. The lowest BCUT2D eigenvalue weighted by Gasteiger charge is -2.11. The van der Waals surface area contributed by atoms with Crippen molar-refractivity contribution in [1.82, 2.24) is 15.6 Å². The van der Waals surface area contributed by atoms with Crippen molar-refractivity contribution in [3.05, 3.63) is 23.4 Å². The molecule has 1 saturated heterocycles. The van der Waals surface area contributed by atoms with Crippen molar-refractivity contribution in [2.45, 2.75) is 18.4 Å². The maximum atomic E-state index is 12.9. The van der Waals surface area contributed by atoms with Gasteiger partial charge in [-0.25, -0.2) is 13.8 Å². The molecule has 0 saturated carbocycles. The summed E-state index contributed by atoms with van der Waals surface area (Å²) in [5, 5.41) is 5.51. The van der Waals surface area contributed by atoms with Crippen LogP contribution in [0.4, 0.5) is 8.78 Å². The van der Waals surface area contributed by atoms with Gasteiger partial charge >= 0.3 is 0 Å². The summed E-state index contributed by atoms with van der Waals surface area (Å²) in [5.41, 5.74) is 0. The van der Waals surface area contributed by atoms with E-state index >= 15 is 0 Å². The van der Waals surface area contributed by atoms with Crippen LogP contribution in [0.1, 0.15) is 6.42 Å². The summed E-state index contributed by atoms with van der Waals surface area (Å²) >= 11 is 5.67. The lowest BCUT2D eigenvalue weighted by molar-refractivity contribution is -0.123. The van der Waals surface area contributed by atoms with Crippen molar-refractivity contribution < 1.29 is 18.3 Å². The van der Waals surface area contributed by atoms with Crippen LogP contribution in [0.15, 0.2) is 18.3 Å². The van der Waals surface area contributed by atoms with Gasteiger partial charge in [0.05, 0.1) is 24.2 Å². The number of alkyl halides is 2. The number of pyridine rings is 1. The second-order valence-corrected chi connectivity index (χ2v) is 4.88. The Morgan fingerprint density at radius 1 is 1.60 bits per heavy atom. The molecule has 1 aliphatic rings. The third kappa shape index (κ3) is 4.28. The number of nitrogens with one attached hydrogen (secondary N) is 2. The topological polar surface area (TPSA) is 63.2 Å². The monoisotopic (exact) mass is 305 g/mol. The predicted molar refractivity (Wildman–Crippen MR) is 69.1 cm³/mol. The quantitative estimate of drug-likeness (QED) is 0.803. The molecule has 2 heterocycles. The number of carbonyl (C=O) groups is 1. The third-order valence-electron chi connectivity index (χ3n) is 2.78. The number of halogens is 3. The van der Waals surface area contributed by atoms with Crippen LogP contribution in [-0.2, 0) is 4.79 Å². The van der Waals surface area contributed by atoms with Gasteiger partial charge in [-0.2, -0.15) is 0 Å². The Kier molecular flexibility index (Phi) is 4.72. The van der Waals surface area contributed by atoms with Crippen LogP contribution < -0.4 is 15.4 Å². The van der Waals surface area contributed by atoms with E-state index < -0.39 is 30.8 Å². The molecule has 1 unspecified atom stereocenters. The van der Waals surface area contributed by atoms with Gasteiger partial charge in [0.2, 0.25) is 11.8 Å². The highest BCUT2D eigenvalue weighted by Gasteiger charge is 2.42. The minimum Gasteiger partial charge on any atom is -0.476 e. The van der Waals surface area contributed by atoms with Crippen LogP contribution in [0.5, 0.6) is 5.88 Å². The number of amides is 1. The first-order valence-corrected chi connectivity index (χ1v) is 6.47. The summed E-state index contributed by atoms with van der Waals surface area (Å²) in [7, 11) is 0. The van der Waals surface area contributed by atoms with Crippen molar-refractivity contribution in [2.75, 3.05) is 19.7 Å². The van der Waals surface area contributed by atoms with Gasteiger partial charge in [-0.15, -0.1) is 0 Å². The van der Waals surface area contributed by atoms with Crippen LogP contribution >= 0.6 is 11.6 Å².